The summed E-state index contributed by atoms with van der Waals surface area (Å²) in [6, 6.07) is 2.14. The fourth-order valence-corrected chi connectivity index (χ4v) is 1.75. The van der Waals surface area contributed by atoms with Crippen molar-refractivity contribution in [2.45, 2.75) is 0 Å². The molecule has 20 heavy (non-hydrogen) atoms. The molecule has 0 unspecified atom stereocenters. The van der Waals surface area contributed by atoms with Gasteiger partial charge in [-0.2, -0.15) is 10.2 Å². The summed E-state index contributed by atoms with van der Waals surface area (Å²) in [4.78, 5) is 7.03. The molecule has 0 radical (unpaired) electrons. The van der Waals surface area contributed by atoms with Crippen molar-refractivity contribution in [2.24, 2.45) is 0 Å². The van der Waals surface area contributed by atoms with Crippen LogP contribution in [-0.4, -0.2) is 9.97 Å². The first-order chi connectivity index (χ1) is 9.36. The summed E-state index contributed by atoms with van der Waals surface area (Å²) >= 11 is 5.31. The third-order valence-corrected chi connectivity index (χ3v) is 2.69. The molecule has 102 valence electrons. The number of nitrogens with zero attached hydrogens (tertiary/aromatic N) is 3. The average molecular weight is 300 g/mol. The van der Waals surface area contributed by atoms with E-state index >= 15 is 0 Å². The SMILES string of the molecule is N#Cc1c(N)nc(N)nc1-c1c(F)cc(Cl)c(F)c1F. The molecule has 1 aromatic heterocycles. The van der Waals surface area contributed by atoms with E-state index in [1.54, 1.807) is 6.07 Å². The van der Waals surface area contributed by atoms with E-state index in [0.29, 0.717) is 6.07 Å². The predicted molar refractivity (Wildman–Crippen MR) is 65.9 cm³/mol. The fourth-order valence-electron chi connectivity index (χ4n) is 1.57. The summed E-state index contributed by atoms with van der Waals surface area (Å²) in [7, 11) is 0. The zero-order valence-corrected chi connectivity index (χ0v) is 10.3. The van der Waals surface area contributed by atoms with E-state index in [2.05, 4.69) is 9.97 Å². The van der Waals surface area contributed by atoms with Crippen LogP contribution in [-0.2, 0) is 0 Å². The quantitative estimate of drug-likeness (QED) is 0.621. The third kappa shape index (κ3) is 2.08. The van der Waals surface area contributed by atoms with Crippen LogP contribution in [0.2, 0.25) is 5.02 Å². The molecule has 0 amide bonds. The smallest absolute Gasteiger partial charge is 0.222 e. The Bertz CT molecular complexity index is 757. The summed E-state index contributed by atoms with van der Waals surface area (Å²) in [5.41, 5.74) is 8.89. The second-order valence-corrected chi connectivity index (χ2v) is 4.05. The molecule has 0 atom stereocenters. The van der Waals surface area contributed by atoms with Gasteiger partial charge in [0, 0.05) is 0 Å². The molecule has 0 aliphatic carbocycles. The summed E-state index contributed by atoms with van der Waals surface area (Å²) in [6.07, 6.45) is 0. The Balaban J connectivity index is 2.89. The number of nitriles is 1. The lowest BCUT2D eigenvalue weighted by atomic mass is 10.1. The van der Waals surface area contributed by atoms with Gasteiger partial charge in [-0.15, -0.1) is 0 Å². The van der Waals surface area contributed by atoms with E-state index in [-0.39, 0.29) is 5.82 Å². The lowest BCUT2D eigenvalue weighted by Gasteiger charge is -2.09. The molecule has 0 bridgehead atoms. The first kappa shape index (κ1) is 13.9. The highest BCUT2D eigenvalue weighted by Crippen LogP contribution is 2.33. The van der Waals surface area contributed by atoms with Crippen LogP contribution in [0.15, 0.2) is 6.07 Å². The van der Waals surface area contributed by atoms with Gasteiger partial charge in [-0.3, -0.25) is 0 Å². The van der Waals surface area contributed by atoms with Gasteiger partial charge in [0.15, 0.2) is 11.6 Å². The number of hydrogen-bond donors (Lipinski definition) is 2. The highest BCUT2D eigenvalue weighted by molar-refractivity contribution is 6.30. The highest BCUT2D eigenvalue weighted by Gasteiger charge is 2.24. The number of halogens is 4. The molecule has 0 saturated carbocycles. The Kier molecular flexibility index (Phi) is 3.38. The Morgan fingerprint density at radius 3 is 2.40 bits per heavy atom. The maximum atomic E-state index is 13.8. The van der Waals surface area contributed by atoms with E-state index in [1.165, 1.54) is 0 Å². The average Bonchev–Trinajstić information content (AvgIpc) is 2.35. The summed E-state index contributed by atoms with van der Waals surface area (Å²) in [6.45, 7) is 0. The largest absolute Gasteiger partial charge is 0.382 e. The van der Waals surface area contributed by atoms with Gasteiger partial charge in [-0.1, -0.05) is 11.6 Å². The molecule has 0 fully saturated rings. The summed E-state index contributed by atoms with van der Waals surface area (Å²) in [5, 5.41) is 8.20. The molecule has 9 heteroatoms. The zero-order valence-electron chi connectivity index (χ0n) is 9.59. The Morgan fingerprint density at radius 2 is 1.80 bits per heavy atom. The minimum Gasteiger partial charge on any atom is -0.382 e. The molecular weight excluding hydrogens is 295 g/mol. The molecule has 2 aromatic rings. The monoisotopic (exact) mass is 299 g/mol. The molecule has 1 heterocycles. The molecular formula is C11H5ClF3N5. The number of aromatic nitrogens is 2. The molecule has 5 nitrogen and oxygen atoms in total. The van der Waals surface area contributed by atoms with Crippen molar-refractivity contribution in [3.8, 4) is 17.3 Å². The summed E-state index contributed by atoms with van der Waals surface area (Å²) < 4.78 is 41.1. The molecule has 0 saturated heterocycles. The van der Waals surface area contributed by atoms with E-state index in [9.17, 15) is 13.2 Å². The van der Waals surface area contributed by atoms with Crippen molar-refractivity contribution in [3.05, 3.63) is 34.1 Å². The van der Waals surface area contributed by atoms with Crippen molar-refractivity contribution < 1.29 is 13.2 Å². The van der Waals surface area contributed by atoms with Crippen LogP contribution in [0.25, 0.3) is 11.3 Å². The van der Waals surface area contributed by atoms with Gasteiger partial charge in [0.1, 0.15) is 29.0 Å². The second kappa shape index (κ2) is 4.86. The molecule has 0 aliphatic heterocycles. The molecule has 0 aliphatic rings. The number of hydrogen-bond acceptors (Lipinski definition) is 5. The third-order valence-electron chi connectivity index (χ3n) is 2.42. The zero-order chi connectivity index (χ0) is 15.0. The first-order valence-corrected chi connectivity index (χ1v) is 5.41. The number of anilines is 2. The standard InChI is InChI=1S/C11H5ClF3N5/c12-4-1-5(13)6(8(15)7(4)14)9-3(2-16)10(17)20-11(18)19-9/h1H,(H4,17,18,19,20). The van der Waals surface area contributed by atoms with Crippen molar-refractivity contribution in [3.63, 3.8) is 0 Å². The van der Waals surface area contributed by atoms with E-state index < -0.39 is 45.2 Å². The maximum Gasteiger partial charge on any atom is 0.222 e. The Hall–Kier alpha value is -2.53. The number of nitrogen functional groups attached to an aromatic ring is 2. The van der Waals surface area contributed by atoms with Gasteiger partial charge < -0.3 is 11.5 Å². The van der Waals surface area contributed by atoms with Crippen LogP contribution < -0.4 is 11.5 Å². The summed E-state index contributed by atoms with van der Waals surface area (Å²) in [5.74, 6) is -5.05. The minimum atomic E-state index is -1.59. The lowest BCUT2D eigenvalue weighted by Crippen LogP contribution is -2.07. The van der Waals surface area contributed by atoms with Crippen LogP contribution in [0.5, 0.6) is 0 Å². The number of nitrogens with two attached hydrogens (primary N) is 2. The normalized spacial score (nSPS) is 10.3. The lowest BCUT2D eigenvalue weighted by molar-refractivity contribution is 0.499. The second-order valence-electron chi connectivity index (χ2n) is 3.65. The first-order valence-electron chi connectivity index (χ1n) is 5.03. The van der Waals surface area contributed by atoms with Gasteiger partial charge in [0.05, 0.1) is 10.6 Å². The topological polar surface area (TPSA) is 102 Å². The van der Waals surface area contributed by atoms with E-state index in [4.69, 9.17) is 28.3 Å². The maximum absolute atomic E-state index is 13.8. The van der Waals surface area contributed by atoms with Gasteiger partial charge in [-0.25, -0.2) is 18.2 Å². The van der Waals surface area contributed by atoms with Crippen molar-refractivity contribution in [1.29, 1.82) is 5.26 Å². The van der Waals surface area contributed by atoms with E-state index in [0.717, 1.165) is 0 Å². The highest BCUT2D eigenvalue weighted by atomic mass is 35.5. The Labute approximate surface area is 115 Å². The van der Waals surface area contributed by atoms with Crippen molar-refractivity contribution in [2.75, 3.05) is 11.5 Å². The molecule has 2 rings (SSSR count). The Morgan fingerprint density at radius 1 is 1.15 bits per heavy atom. The van der Waals surface area contributed by atoms with Gasteiger partial charge >= 0.3 is 0 Å². The number of benzene rings is 1. The van der Waals surface area contributed by atoms with Crippen LogP contribution in [0.1, 0.15) is 5.56 Å². The molecule has 1 aromatic carbocycles. The fraction of sp³-hybridized carbons (Fsp3) is 0. The van der Waals surface area contributed by atoms with Crippen LogP contribution in [0.4, 0.5) is 24.9 Å². The van der Waals surface area contributed by atoms with Gasteiger partial charge in [0.25, 0.3) is 0 Å². The van der Waals surface area contributed by atoms with Crippen LogP contribution in [0, 0.1) is 28.8 Å². The van der Waals surface area contributed by atoms with Gasteiger partial charge in [0.2, 0.25) is 5.95 Å². The van der Waals surface area contributed by atoms with E-state index in [1.807, 2.05) is 0 Å². The van der Waals surface area contributed by atoms with Crippen LogP contribution in [0.3, 0.4) is 0 Å². The van der Waals surface area contributed by atoms with Crippen molar-refractivity contribution >= 4 is 23.4 Å². The molecule has 4 N–H and O–H groups in total. The number of rotatable bonds is 1. The van der Waals surface area contributed by atoms with Crippen molar-refractivity contribution in [1.82, 2.24) is 9.97 Å². The molecule has 0 spiro atoms. The van der Waals surface area contributed by atoms with Crippen LogP contribution >= 0.6 is 11.6 Å². The predicted octanol–water partition coefficient (Wildman–Crippen LogP) is 2.25. The minimum absolute atomic E-state index is 0.371. The van der Waals surface area contributed by atoms with Gasteiger partial charge in [-0.05, 0) is 6.07 Å².